The fraction of sp³-hybridized carbons (Fsp3) is 0.200. The first-order chi connectivity index (χ1) is 6.60. The van der Waals surface area contributed by atoms with Crippen LogP contribution in [0.3, 0.4) is 0 Å². The Morgan fingerprint density at radius 3 is 2.79 bits per heavy atom. The first-order valence-electron chi connectivity index (χ1n) is 4.05. The topological polar surface area (TPSA) is 55.5 Å². The number of nitrogens with two attached hydrogens (primary N) is 1. The maximum Gasteiger partial charge on any atom is 0.161 e. The van der Waals surface area contributed by atoms with Gasteiger partial charge in [-0.15, -0.1) is 0 Å². The molecule has 0 aliphatic heterocycles. The zero-order valence-electron chi connectivity index (χ0n) is 7.88. The van der Waals surface area contributed by atoms with Crippen LogP contribution in [-0.4, -0.2) is 18.8 Å². The summed E-state index contributed by atoms with van der Waals surface area (Å²) in [5.41, 5.74) is 7.02. The molecule has 0 unspecified atom stereocenters. The summed E-state index contributed by atoms with van der Waals surface area (Å²) >= 11 is 3.36. The number of aromatic hydroxyl groups is 1. The molecule has 0 saturated carbocycles. The molecule has 1 aromatic carbocycles. The number of benzene rings is 1. The lowest BCUT2D eigenvalue weighted by Crippen LogP contribution is -2.01. The van der Waals surface area contributed by atoms with E-state index >= 15 is 0 Å². The highest BCUT2D eigenvalue weighted by molar-refractivity contribution is 9.10. The predicted molar refractivity (Wildman–Crippen MR) is 60.4 cm³/mol. The van der Waals surface area contributed by atoms with E-state index in [1.165, 1.54) is 7.11 Å². The highest BCUT2D eigenvalue weighted by atomic mass is 79.9. The quantitative estimate of drug-likeness (QED) is 0.873. The molecule has 0 saturated heterocycles. The van der Waals surface area contributed by atoms with E-state index in [1.807, 2.05) is 0 Å². The van der Waals surface area contributed by atoms with Gasteiger partial charge in [0.05, 0.1) is 7.11 Å². The monoisotopic (exact) mass is 257 g/mol. The zero-order chi connectivity index (χ0) is 10.7. The zero-order valence-corrected chi connectivity index (χ0v) is 9.47. The second kappa shape index (κ2) is 4.48. The molecule has 14 heavy (non-hydrogen) atoms. The van der Waals surface area contributed by atoms with Crippen LogP contribution in [0.4, 0.5) is 0 Å². The minimum Gasteiger partial charge on any atom is -0.504 e. The Morgan fingerprint density at radius 1 is 1.64 bits per heavy atom. The summed E-state index contributed by atoms with van der Waals surface area (Å²) in [7, 11) is 1.50. The van der Waals surface area contributed by atoms with Crippen molar-refractivity contribution in [3.8, 4) is 11.5 Å². The summed E-state index contributed by atoms with van der Waals surface area (Å²) in [6.07, 6.45) is 0. The van der Waals surface area contributed by atoms with Gasteiger partial charge in [-0.1, -0.05) is 22.5 Å². The lowest BCUT2D eigenvalue weighted by molar-refractivity contribution is 0.373. The van der Waals surface area contributed by atoms with Gasteiger partial charge in [0.2, 0.25) is 0 Å². The van der Waals surface area contributed by atoms with Crippen molar-refractivity contribution in [1.29, 1.82) is 0 Å². The molecule has 4 heteroatoms. The van der Waals surface area contributed by atoms with Crippen LogP contribution in [0.2, 0.25) is 0 Å². The van der Waals surface area contributed by atoms with Gasteiger partial charge in [-0.05, 0) is 23.3 Å². The van der Waals surface area contributed by atoms with Gasteiger partial charge in [-0.25, -0.2) is 0 Å². The Balaban J connectivity index is 3.21. The second-order valence-electron chi connectivity index (χ2n) is 2.81. The third kappa shape index (κ3) is 2.08. The largest absolute Gasteiger partial charge is 0.504 e. The van der Waals surface area contributed by atoms with E-state index in [-0.39, 0.29) is 5.75 Å². The van der Waals surface area contributed by atoms with Crippen LogP contribution in [0.5, 0.6) is 11.5 Å². The van der Waals surface area contributed by atoms with Gasteiger partial charge >= 0.3 is 0 Å². The third-order valence-corrected chi connectivity index (χ3v) is 2.55. The number of hydrogen-bond acceptors (Lipinski definition) is 3. The van der Waals surface area contributed by atoms with Crippen molar-refractivity contribution in [3.05, 3.63) is 28.7 Å². The summed E-state index contributed by atoms with van der Waals surface area (Å²) in [6, 6.07) is 3.27. The molecule has 0 aromatic heterocycles. The molecule has 3 nitrogen and oxygen atoms in total. The number of phenols is 1. The lowest BCUT2D eigenvalue weighted by atomic mass is 10.1. The molecule has 0 fully saturated rings. The van der Waals surface area contributed by atoms with Crippen LogP contribution < -0.4 is 10.5 Å². The molecule has 0 heterocycles. The number of phenolic OH excluding ortho intramolecular Hbond substituents is 1. The van der Waals surface area contributed by atoms with E-state index in [0.717, 1.165) is 15.6 Å². The Bertz CT molecular complexity index is 363. The van der Waals surface area contributed by atoms with Crippen LogP contribution in [0.1, 0.15) is 5.56 Å². The van der Waals surface area contributed by atoms with Gasteiger partial charge < -0.3 is 15.6 Å². The molecule has 0 spiro atoms. The number of halogens is 1. The van der Waals surface area contributed by atoms with Gasteiger partial charge in [0.15, 0.2) is 11.5 Å². The van der Waals surface area contributed by atoms with E-state index in [2.05, 4.69) is 22.5 Å². The molecule has 76 valence electrons. The van der Waals surface area contributed by atoms with Gasteiger partial charge in [0, 0.05) is 11.0 Å². The minimum absolute atomic E-state index is 0.0836. The lowest BCUT2D eigenvalue weighted by Gasteiger charge is -2.09. The molecule has 1 rings (SSSR count). The Hall–Kier alpha value is -1.00. The summed E-state index contributed by atoms with van der Waals surface area (Å²) in [5.74, 6) is 0.505. The van der Waals surface area contributed by atoms with Crippen molar-refractivity contribution >= 4 is 21.5 Å². The predicted octanol–water partition coefficient (Wildman–Crippen LogP) is 2.14. The van der Waals surface area contributed by atoms with Gasteiger partial charge in [0.25, 0.3) is 0 Å². The van der Waals surface area contributed by atoms with Crippen LogP contribution in [0.15, 0.2) is 23.2 Å². The molecule has 0 amide bonds. The molecule has 0 bridgehead atoms. The molecule has 0 aliphatic carbocycles. The second-order valence-corrected chi connectivity index (χ2v) is 3.67. The third-order valence-electron chi connectivity index (χ3n) is 1.90. The summed E-state index contributed by atoms with van der Waals surface area (Å²) in [5, 5.41) is 9.53. The van der Waals surface area contributed by atoms with Crippen LogP contribution in [0, 0.1) is 0 Å². The first-order valence-corrected chi connectivity index (χ1v) is 4.84. The SMILES string of the molecule is C=C(CN)c1cc(O)c(OC)cc1Br. The summed E-state index contributed by atoms with van der Waals surface area (Å²) in [4.78, 5) is 0. The van der Waals surface area contributed by atoms with Gasteiger partial charge in [-0.2, -0.15) is 0 Å². The van der Waals surface area contributed by atoms with Gasteiger partial charge in [-0.3, -0.25) is 0 Å². The van der Waals surface area contributed by atoms with Crippen molar-refractivity contribution < 1.29 is 9.84 Å². The average molecular weight is 258 g/mol. The van der Waals surface area contributed by atoms with E-state index < -0.39 is 0 Å². The molecular formula is C10H12BrNO2. The van der Waals surface area contributed by atoms with Crippen molar-refractivity contribution in [3.63, 3.8) is 0 Å². The minimum atomic E-state index is 0.0836. The van der Waals surface area contributed by atoms with Crippen molar-refractivity contribution in [2.45, 2.75) is 0 Å². The molecule has 3 N–H and O–H groups in total. The smallest absolute Gasteiger partial charge is 0.161 e. The van der Waals surface area contributed by atoms with Crippen molar-refractivity contribution in [2.75, 3.05) is 13.7 Å². The number of rotatable bonds is 3. The van der Waals surface area contributed by atoms with E-state index in [0.29, 0.717) is 12.3 Å². The Kier molecular flexibility index (Phi) is 3.55. The number of hydrogen-bond donors (Lipinski definition) is 2. The molecule has 0 radical (unpaired) electrons. The maximum atomic E-state index is 9.53. The average Bonchev–Trinajstić information content (AvgIpc) is 2.19. The van der Waals surface area contributed by atoms with E-state index in [4.69, 9.17) is 10.5 Å². The van der Waals surface area contributed by atoms with Crippen LogP contribution in [-0.2, 0) is 0 Å². The summed E-state index contributed by atoms with van der Waals surface area (Å²) < 4.78 is 5.76. The molecule has 1 aromatic rings. The van der Waals surface area contributed by atoms with Crippen LogP contribution in [0.25, 0.3) is 5.57 Å². The van der Waals surface area contributed by atoms with Crippen molar-refractivity contribution in [1.82, 2.24) is 0 Å². The Labute approximate surface area is 91.3 Å². The molecule has 0 atom stereocenters. The normalized spacial score (nSPS) is 9.93. The fourth-order valence-corrected chi connectivity index (χ4v) is 1.69. The van der Waals surface area contributed by atoms with Gasteiger partial charge in [0.1, 0.15) is 0 Å². The van der Waals surface area contributed by atoms with Crippen molar-refractivity contribution in [2.24, 2.45) is 5.73 Å². The molecular weight excluding hydrogens is 246 g/mol. The number of methoxy groups -OCH3 is 1. The maximum absolute atomic E-state index is 9.53. The molecule has 0 aliphatic rings. The first kappa shape index (κ1) is 11.1. The van der Waals surface area contributed by atoms with E-state index in [1.54, 1.807) is 12.1 Å². The summed E-state index contributed by atoms with van der Waals surface area (Å²) in [6.45, 7) is 4.15. The highest BCUT2D eigenvalue weighted by Crippen LogP contribution is 2.34. The highest BCUT2D eigenvalue weighted by Gasteiger charge is 2.09. The Morgan fingerprint density at radius 2 is 2.29 bits per heavy atom. The number of ether oxygens (including phenoxy) is 1. The fourth-order valence-electron chi connectivity index (χ4n) is 1.09. The van der Waals surface area contributed by atoms with E-state index in [9.17, 15) is 5.11 Å². The van der Waals surface area contributed by atoms with Crippen LogP contribution >= 0.6 is 15.9 Å². The standard InChI is InChI=1S/C10H12BrNO2/c1-6(5-12)7-3-9(13)10(14-2)4-8(7)11/h3-4,13H,1,5,12H2,2H3.